The van der Waals surface area contributed by atoms with Crippen molar-refractivity contribution < 1.29 is 9.32 Å². The van der Waals surface area contributed by atoms with Crippen LogP contribution in [0.2, 0.25) is 0 Å². The van der Waals surface area contributed by atoms with Crippen molar-refractivity contribution in [3.05, 3.63) is 12.2 Å². The second kappa shape index (κ2) is 5.74. The lowest BCUT2D eigenvalue weighted by Crippen LogP contribution is -2.24. The van der Waals surface area contributed by atoms with Gasteiger partial charge in [-0.2, -0.15) is 4.98 Å². The van der Waals surface area contributed by atoms with Crippen LogP contribution in [0.4, 0.5) is 0 Å². The first kappa shape index (κ1) is 11.2. The molecule has 1 aromatic heterocycles. The van der Waals surface area contributed by atoms with Crippen LogP contribution in [-0.2, 0) is 11.2 Å². The number of guanidine groups is 1. The van der Waals surface area contributed by atoms with E-state index in [9.17, 15) is 4.79 Å². The Bertz CT molecular complexity index is 329. The molecule has 1 aromatic rings. The van der Waals surface area contributed by atoms with E-state index in [1.807, 2.05) is 0 Å². The van der Waals surface area contributed by atoms with Crippen molar-refractivity contribution in [2.45, 2.75) is 19.3 Å². The number of hydrogen-bond acceptors (Lipinski definition) is 5. The molecule has 0 saturated carbocycles. The van der Waals surface area contributed by atoms with E-state index in [2.05, 4.69) is 15.1 Å². The molecule has 0 aliphatic carbocycles. The average Bonchev–Trinajstić information content (AvgIpc) is 2.67. The molecule has 0 aliphatic heterocycles. The molecule has 82 valence electrons. The maximum atomic E-state index is 11.2. The molecule has 1 rings (SSSR count). The zero-order valence-corrected chi connectivity index (χ0v) is 8.22. The quantitative estimate of drug-likeness (QED) is 0.471. The zero-order chi connectivity index (χ0) is 11.1. The number of hydrogen-bond donors (Lipinski definition) is 2. The zero-order valence-electron chi connectivity index (χ0n) is 8.22. The summed E-state index contributed by atoms with van der Waals surface area (Å²) < 4.78 is 4.77. The molecule has 0 unspecified atom stereocenters. The van der Waals surface area contributed by atoms with E-state index in [0.717, 1.165) is 0 Å². The summed E-state index contributed by atoms with van der Waals surface area (Å²) in [4.78, 5) is 18.6. The Kier molecular flexibility index (Phi) is 4.27. The molecule has 1 heterocycles. The Morgan fingerprint density at radius 2 is 2.33 bits per heavy atom. The standard InChI is InChI=1S/C8H13N5O2/c9-8(10)11-4-6(14)2-1-3-7-12-5-13-15-7/h5H,1-4H2,(H4,9,10,11). The lowest BCUT2D eigenvalue weighted by atomic mass is 10.2. The fourth-order valence-electron chi connectivity index (χ4n) is 1.00. The van der Waals surface area contributed by atoms with Crippen molar-refractivity contribution in [1.82, 2.24) is 10.1 Å². The Labute approximate surface area is 86.5 Å². The van der Waals surface area contributed by atoms with Gasteiger partial charge in [0.25, 0.3) is 0 Å². The predicted molar refractivity (Wildman–Crippen MR) is 52.9 cm³/mol. The number of carbonyl (C=O) groups excluding carboxylic acids is 1. The highest BCUT2D eigenvalue weighted by atomic mass is 16.5. The van der Waals surface area contributed by atoms with Crippen LogP contribution in [0, 0.1) is 0 Å². The molecule has 0 fully saturated rings. The fraction of sp³-hybridized carbons (Fsp3) is 0.500. The molecule has 0 bridgehead atoms. The summed E-state index contributed by atoms with van der Waals surface area (Å²) in [5, 5.41) is 3.45. The van der Waals surface area contributed by atoms with Gasteiger partial charge in [-0.3, -0.25) is 4.79 Å². The maximum Gasteiger partial charge on any atom is 0.226 e. The third-order valence-electron chi connectivity index (χ3n) is 1.69. The van der Waals surface area contributed by atoms with Crippen LogP contribution in [0.3, 0.4) is 0 Å². The summed E-state index contributed by atoms with van der Waals surface area (Å²) in [5.74, 6) is 0.452. The van der Waals surface area contributed by atoms with Crippen molar-refractivity contribution in [2.24, 2.45) is 16.5 Å². The van der Waals surface area contributed by atoms with Crippen molar-refractivity contribution in [2.75, 3.05) is 6.54 Å². The van der Waals surface area contributed by atoms with Gasteiger partial charge in [0.2, 0.25) is 5.89 Å². The minimum Gasteiger partial charge on any atom is -0.370 e. The molecule has 0 aliphatic rings. The number of aliphatic imine (C=N–C) groups is 1. The van der Waals surface area contributed by atoms with E-state index in [-0.39, 0.29) is 18.3 Å². The number of nitrogens with two attached hydrogens (primary N) is 2. The van der Waals surface area contributed by atoms with Gasteiger partial charge in [-0.1, -0.05) is 5.16 Å². The first-order chi connectivity index (χ1) is 7.18. The van der Waals surface area contributed by atoms with Gasteiger partial charge in [-0.25, -0.2) is 4.99 Å². The molecule has 0 amide bonds. The number of aryl methyl sites for hydroxylation is 1. The normalized spacial score (nSPS) is 9.87. The minimum atomic E-state index is -0.0692. The highest BCUT2D eigenvalue weighted by Crippen LogP contribution is 2.00. The summed E-state index contributed by atoms with van der Waals surface area (Å²) in [6, 6.07) is 0. The number of rotatable bonds is 6. The number of ketones is 1. The molecule has 0 atom stereocenters. The van der Waals surface area contributed by atoms with E-state index >= 15 is 0 Å². The maximum absolute atomic E-state index is 11.2. The topological polar surface area (TPSA) is 120 Å². The molecule has 4 N–H and O–H groups in total. The molecule has 7 nitrogen and oxygen atoms in total. The molecule has 0 saturated heterocycles. The minimum absolute atomic E-state index is 0.0112. The fourth-order valence-corrected chi connectivity index (χ4v) is 1.00. The van der Waals surface area contributed by atoms with Crippen LogP contribution in [0.5, 0.6) is 0 Å². The van der Waals surface area contributed by atoms with Gasteiger partial charge < -0.3 is 16.0 Å². The Hall–Kier alpha value is -1.92. The van der Waals surface area contributed by atoms with Gasteiger partial charge in [0, 0.05) is 12.8 Å². The van der Waals surface area contributed by atoms with E-state index in [0.29, 0.717) is 25.2 Å². The molecule has 0 aromatic carbocycles. The van der Waals surface area contributed by atoms with E-state index in [1.54, 1.807) is 0 Å². The van der Waals surface area contributed by atoms with Crippen LogP contribution in [0.1, 0.15) is 18.7 Å². The van der Waals surface area contributed by atoms with Crippen LogP contribution in [0.15, 0.2) is 15.8 Å². The monoisotopic (exact) mass is 211 g/mol. The summed E-state index contributed by atoms with van der Waals surface area (Å²) in [5.41, 5.74) is 10.2. The van der Waals surface area contributed by atoms with Gasteiger partial charge in [0.1, 0.15) is 6.54 Å². The molecular formula is C8H13N5O2. The van der Waals surface area contributed by atoms with E-state index in [1.165, 1.54) is 6.33 Å². The largest absolute Gasteiger partial charge is 0.370 e. The van der Waals surface area contributed by atoms with Crippen LogP contribution in [-0.4, -0.2) is 28.4 Å². The van der Waals surface area contributed by atoms with Crippen LogP contribution in [0.25, 0.3) is 0 Å². The van der Waals surface area contributed by atoms with E-state index in [4.69, 9.17) is 16.0 Å². The molecular weight excluding hydrogens is 198 g/mol. The van der Waals surface area contributed by atoms with E-state index < -0.39 is 0 Å². The van der Waals surface area contributed by atoms with Crippen molar-refractivity contribution in [1.29, 1.82) is 0 Å². The lowest BCUT2D eigenvalue weighted by molar-refractivity contribution is -0.117. The smallest absolute Gasteiger partial charge is 0.226 e. The summed E-state index contributed by atoms with van der Waals surface area (Å²) in [7, 11) is 0. The van der Waals surface area contributed by atoms with Gasteiger partial charge in [-0.15, -0.1) is 0 Å². The summed E-state index contributed by atoms with van der Waals surface area (Å²) in [6.07, 6.45) is 2.98. The van der Waals surface area contributed by atoms with Gasteiger partial charge in [0.15, 0.2) is 18.1 Å². The van der Waals surface area contributed by atoms with Gasteiger partial charge >= 0.3 is 0 Å². The first-order valence-electron chi connectivity index (χ1n) is 4.51. The first-order valence-corrected chi connectivity index (χ1v) is 4.51. The summed E-state index contributed by atoms with van der Waals surface area (Å²) >= 11 is 0. The van der Waals surface area contributed by atoms with Gasteiger partial charge in [-0.05, 0) is 6.42 Å². The second-order valence-corrected chi connectivity index (χ2v) is 2.97. The van der Waals surface area contributed by atoms with Crippen LogP contribution >= 0.6 is 0 Å². The Morgan fingerprint density at radius 1 is 1.53 bits per heavy atom. The lowest BCUT2D eigenvalue weighted by Gasteiger charge is -1.96. The number of aromatic nitrogens is 2. The number of Topliss-reactive ketones (excluding diaryl/α,β-unsaturated/α-hetero) is 1. The van der Waals surface area contributed by atoms with Crippen molar-refractivity contribution in [3.63, 3.8) is 0 Å². The third-order valence-corrected chi connectivity index (χ3v) is 1.69. The highest BCUT2D eigenvalue weighted by Gasteiger charge is 2.03. The second-order valence-electron chi connectivity index (χ2n) is 2.97. The van der Waals surface area contributed by atoms with Crippen molar-refractivity contribution >= 4 is 11.7 Å². The molecule has 7 heteroatoms. The third kappa shape index (κ3) is 4.75. The van der Waals surface area contributed by atoms with Crippen LogP contribution < -0.4 is 11.5 Å². The van der Waals surface area contributed by atoms with Gasteiger partial charge in [0.05, 0.1) is 0 Å². The average molecular weight is 211 g/mol. The predicted octanol–water partition coefficient (Wildman–Crippen LogP) is -0.765. The number of nitrogens with zero attached hydrogens (tertiary/aromatic N) is 3. The van der Waals surface area contributed by atoms with Crippen molar-refractivity contribution in [3.8, 4) is 0 Å². The molecule has 0 radical (unpaired) electrons. The highest BCUT2D eigenvalue weighted by molar-refractivity contribution is 5.84. The molecule has 0 spiro atoms. The Morgan fingerprint density at radius 3 is 2.93 bits per heavy atom. The molecule has 15 heavy (non-hydrogen) atoms. The number of carbonyl (C=O) groups is 1. The Balaban J connectivity index is 2.15. The summed E-state index contributed by atoms with van der Waals surface area (Å²) in [6.45, 7) is 0.0339. The SMILES string of the molecule is NC(N)=NCC(=O)CCCc1ncno1.